The molecule has 7 heteroatoms. The van der Waals surface area contributed by atoms with Gasteiger partial charge < -0.3 is 9.64 Å². The van der Waals surface area contributed by atoms with Crippen molar-refractivity contribution in [2.75, 3.05) is 19.3 Å². The molecule has 0 radical (unpaired) electrons. The van der Waals surface area contributed by atoms with Gasteiger partial charge in [0, 0.05) is 13.1 Å². The summed E-state index contributed by atoms with van der Waals surface area (Å²) in [6.07, 6.45) is 4.00. The minimum Gasteiger partial charge on any atom is -0.444 e. The highest BCUT2D eigenvalue weighted by Gasteiger charge is 2.27. The molecule has 1 fully saturated rings. The maximum atomic E-state index is 12.0. The summed E-state index contributed by atoms with van der Waals surface area (Å²) in [7, 11) is -3.38. The second kappa shape index (κ2) is 7.64. The van der Waals surface area contributed by atoms with Crippen LogP contribution in [0, 0.1) is 5.92 Å². The van der Waals surface area contributed by atoms with E-state index in [1.54, 1.807) is 11.8 Å². The van der Waals surface area contributed by atoms with Gasteiger partial charge in [-0.25, -0.2) is 4.79 Å². The smallest absolute Gasteiger partial charge is 0.410 e. The Hall–Kier alpha value is -0.820. The van der Waals surface area contributed by atoms with Gasteiger partial charge in [0.05, 0.1) is 12.4 Å². The van der Waals surface area contributed by atoms with Gasteiger partial charge >= 0.3 is 6.09 Å². The standard InChI is InChI=1S/C15H29NO5S/c1-12(21-22(5,18)19)6-7-13-8-10-16(11-9-13)14(17)20-15(2,3)4/h12-13H,6-11H2,1-5H3. The molecule has 1 aliphatic heterocycles. The minimum atomic E-state index is -3.38. The van der Waals surface area contributed by atoms with Crippen LogP contribution in [-0.2, 0) is 19.0 Å². The first-order valence-electron chi connectivity index (χ1n) is 7.82. The number of hydrogen-bond acceptors (Lipinski definition) is 5. The second-order valence-electron chi connectivity index (χ2n) is 7.10. The monoisotopic (exact) mass is 335 g/mol. The highest BCUT2D eigenvalue weighted by Crippen LogP contribution is 2.24. The molecule has 130 valence electrons. The molecule has 0 N–H and O–H groups in total. The summed E-state index contributed by atoms with van der Waals surface area (Å²) in [5, 5.41) is 0. The fraction of sp³-hybridized carbons (Fsp3) is 0.933. The normalized spacial score (nSPS) is 19.0. The molecule has 0 aromatic rings. The molecule has 0 bridgehead atoms. The van der Waals surface area contributed by atoms with Gasteiger partial charge in [0.2, 0.25) is 0 Å². The number of rotatable bonds is 5. The van der Waals surface area contributed by atoms with E-state index in [1.165, 1.54) is 0 Å². The van der Waals surface area contributed by atoms with E-state index in [2.05, 4.69) is 0 Å². The van der Waals surface area contributed by atoms with Crippen LogP contribution in [0.5, 0.6) is 0 Å². The van der Waals surface area contributed by atoms with Crippen LogP contribution in [0.25, 0.3) is 0 Å². The largest absolute Gasteiger partial charge is 0.444 e. The van der Waals surface area contributed by atoms with Crippen LogP contribution >= 0.6 is 0 Å². The molecule has 0 aromatic carbocycles. The molecule has 0 spiro atoms. The van der Waals surface area contributed by atoms with E-state index in [0.717, 1.165) is 25.5 Å². The summed E-state index contributed by atoms with van der Waals surface area (Å²) in [5.41, 5.74) is -0.466. The Morgan fingerprint density at radius 1 is 1.27 bits per heavy atom. The van der Waals surface area contributed by atoms with Crippen molar-refractivity contribution in [3.05, 3.63) is 0 Å². The molecule has 1 aliphatic rings. The summed E-state index contributed by atoms with van der Waals surface area (Å²) in [4.78, 5) is 13.7. The van der Waals surface area contributed by atoms with Crippen molar-refractivity contribution in [1.29, 1.82) is 0 Å². The quantitative estimate of drug-likeness (QED) is 0.722. The zero-order chi connectivity index (χ0) is 17.0. The van der Waals surface area contributed by atoms with E-state index in [9.17, 15) is 13.2 Å². The Morgan fingerprint density at radius 2 is 1.82 bits per heavy atom. The van der Waals surface area contributed by atoms with Crippen LogP contribution in [-0.4, -0.2) is 50.5 Å². The Bertz CT molecular complexity index is 461. The fourth-order valence-electron chi connectivity index (χ4n) is 2.55. The van der Waals surface area contributed by atoms with Crippen molar-refractivity contribution in [3.63, 3.8) is 0 Å². The molecule has 0 aromatic heterocycles. The van der Waals surface area contributed by atoms with Gasteiger partial charge in [-0.3, -0.25) is 4.18 Å². The summed E-state index contributed by atoms with van der Waals surface area (Å²) < 4.78 is 32.4. The Morgan fingerprint density at radius 3 is 2.27 bits per heavy atom. The molecule has 22 heavy (non-hydrogen) atoms. The van der Waals surface area contributed by atoms with Crippen molar-refractivity contribution in [3.8, 4) is 0 Å². The third-order valence-electron chi connectivity index (χ3n) is 3.59. The summed E-state index contributed by atoms with van der Waals surface area (Å²) in [6.45, 7) is 8.75. The number of carbonyl (C=O) groups excluding carboxylic acids is 1. The maximum absolute atomic E-state index is 12.0. The van der Waals surface area contributed by atoms with Crippen LogP contribution in [0.15, 0.2) is 0 Å². The number of amides is 1. The molecule has 1 unspecified atom stereocenters. The number of piperidine rings is 1. The third-order valence-corrected chi connectivity index (χ3v) is 4.26. The average Bonchev–Trinajstić information content (AvgIpc) is 2.33. The maximum Gasteiger partial charge on any atom is 0.410 e. The van der Waals surface area contributed by atoms with Crippen molar-refractivity contribution < 1.29 is 22.1 Å². The van der Waals surface area contributed by atoms with E-state index < -0.39 is 15.7 Å². The van der Waals surface area contributed by atoms with Gasteiger partial charge in [0.1, 0.15) is 5.60 Å². The summed E-state index contributed by atoms with van der Waals surface area (Å²) in [6, 6.07) is 0. The lowest BCUT2D eigenvalue weighted by Gasteiger charge is -2.33. The van der Waals surface area contributed by atoms with E-state index >= 15 is 0 Å². The fourth-order valence-corrected chi connectivity index (χ4v) is 3.24. The van der Waals surface area contributed by atoms with Crippen molar-refractivity contribution in [1.82, 2.24) is 4.90 Å². The van der Waals surface area contributed by atoms with E-state index in [-0.39, 0.29) is 12.2 Å². The lowest BCUT2D eigenvalue weighted by molar-refractivity contribution is 0.0177. The van der Waals surface area contributed by atoms with Crippen LogP contribution < -0.4 is 0 Å². The topological polar surface area (TPSA) is 72.9 Å². The second-order valence-corrected chi connectivity index (χ2v) is 8.70. The van der Waals surface area contributed by atoms with Gasteiger partial charge in [-0.15, -0.1) is 0 Å². The SMILES string of the molecule is CC(CCC1CCN(C(=O)OC(C)(C)C)CC1)OS(C)(=O)=O. The Kier molecular flexibility index (Phi) is 6.67. The predicted octanol–water partition coefficient (Wildman–Crippen LogP) is 2.78. The Balaban J connectivity index is 2.29. The Labute approximate surface area is 134 Å². The first-order valence-corrected chi connectivity index (χ1v) is 9.64. The molecular weight excluding hydrogens is 306 g/mol. The zero-order valence-electron chi connectivity index (χ0n) is 14.3. The first kappa shape index (κ1) is 19.2. The van der Waals surface area contributed by atoms with Crippen LogP contribution in [0.1, 0.15) is 53.4 Å². The molecular formula is C15H29NO5S. The van der Waals surface area contributed by atoms with Gasteiger partial charge in [-0.2, -0.15) is 8.42 Å². The van der Waals surface area contributed by atoms with E-state index in [4.69, 9.17) is 8.92 Å². The molecule has 0 saturated carbocycles. The lowest BCUT2D eigenvalue weighted by atomic mass is 9.91. The molecule has 1 atom stereocenters. The summed E-state index contributed by atoms with van der Waals surface area (Å²) >= 11 is 0. The van der Waals surface area contributed by atoms with Crippen LogP contribution in [0.3, 0.4) is 0 Å². The van der Waals surface area contributed by atoms with E-state index in [0.29, 0.717) is 25.4 Å². The number of likely N-dealkylation sites (tertiary alicyclic amines) is 1. The number of hydrogen-bond donors (Lipinski definition) is 0. The molecule has 1 rings (SSSR count). The van der Waals surface area contributed by atoms with Gasteiger partial charge in [0.25, 0.3) is 10.1 Å². The minimum absolute atomic E-state index is 0.250. The number of carbonyl (C=O) groups is 1. The molecule has 1 heterocycles. The molecule has 0 aliphatic carbocycles. The predicted molar refractivity (Wildman–Crippen MR) is 85.2 cm³/mol. The van der Waals surface area contributed by atoms with Gasteiger partial charge in [-0.05, 0) is 59.3 Å². The van der Waals surface area contributed by atoms with Gasteiger partial charge in [0.15, 0.2) is 0 Å². The highest BCUT2D eigenvalue weighted by molar-refractivity contribution is 7.86. The first-order chi connectivity index (χ1) is 9.96. The van der Waals surface area contributed by atoms with Crippen molar-refractivity contribution >= 4 is 16.2 Å². The van der Waals surface area contributed by atoms with Crippen LogP contribution in [0.2, 0.25) is 0 Å². The third kappa shape index (κ3) is 7.98. The van der Waals surface area contributed by atoms with E-state index in [1.807, 2.05) is 20.8 Å². The lowest BCUT2D eigenvalue weighted by Crippen LogP contribution is -2.41. The van der Waals surface area contributed by atoms with Crippen molar-refractivity contribution in [2.45, 2.75) is 65.1 Å². The van der Waals surface area contributed by atoms with Gasteiger partial charge in [-0.1, -0.05) is 0 Å². The van der Waals surface area contributed by atoms with Crippen molar-refractivity contribution in [2.24, 2.45) is 5.92 Å². The molecule has 6 nitrogen and oxygen atoms in total. The summed E-state index contributed by atoms with van der Waals surface area (Å²) in [5.74, 6) is 0.504. The number of ether oxygens (including phenoxy) is 1. The highest BCUT2D eigenvalue weighted by atomic mass is 32.2. The average molecular weight is 335 g/mol. The zero-order valence-corrected chi connectivity index (χ0v) is 15.1. The number of nitrogens with zero attached hydrogens (tertiary/aromatic N) is 1. The van der Waals surface area contributed by atoms with Crippen LogP contribution in [0.4, 0.5) is 4.79 Å². The molecule has 1 saturated heterocycles. The molecule has 1 amide bonds.